The van der Waals surface area contributed by atoms with E-state index in [0.717, 1.165) is 0 Å². The number of nitrogens with one attached hydrogen (secondary N) is 1. The van der Waals surface area contributed by atoms with Crippen LogP contribution in [-0.4, -0.2) is 30.2 Å². The third-order valence-electron chi connectivity index (χ3n) is 3.96. The van der Waals surface area contributed by atoms with Crippen LogP contribution in [0.5, 0.6) is 0 Å². The van der Waals surface area contributed by atoms with E-state index in [0.29, 0.717) is 22.5 Å². The number of rotatable bonds is 7. The first-order chi connectivity index (χ1) is 13.4. The molecule has 1 amide bonds. The number of nitrogens with zero attached hydrogens (tertiary/aromatic N) is 2. The molecule has 0 unspecified atom stereocenters. The van der Waals surface area contributed by atoms with Gasteiger partial charge in [-0.3, -0.25) is 9.59 Å². The number of carbonyl (C=O) groups is 2. The van der Waals surface area contributed by atoms with Gasteiger partial charge in [-0.05, 0) is 38.1 Å². The predicted molar refractivity (Wildman–Crippen MR) is 102 cm³/mol. The van der Waals surface area contributed by atoms with Crippen molar-refractivity contribution in [3.8, 4) is 6.07 Å². The van der Waals surface area contributed by atoms with Crippen LogP contribution in [0.2, 0.25) is 0 Å². The second-order valence-corrected chi connectivity index (χ2v) is 5.97. The molecular formula is C20H21N3O5. The molecule has 0 aliphatic heterocycles. The van der Waals surface area contributed by atoms with E-state index in [1.165, 1.54) is 17.7 Å². The zero-order chi connectivity index (χ0) is 20.7. The van der Waals surface area contributed by atoms with Gasteiger partial charge in [0.1, 0.15) is 18.2 Å². The molecule has 8 heteroatoms. The van der Waals surface area contributed by atoms with Crippen LogP contribution in [0.4, 0.5) is 5.69 Å². The summed E-state index contributed by atoms with van der Waals surface area (Å²) in [7, 11) is 1.47. The van der Waals surface area contributed by atoms with E-state index in [1.807, 2.05) is 6.07 Å². The van der Waals surface area contributed by atoms with Crippen LogP contribution >= 0.6 is 0 Å². The van der Waals surface area contributed by atoms with Crippen molar-refractivity contribution in [1.29, 1.82) is 5.26 Å². The van der Waals surface area contributed by atoms with Crippen LogP contribution in [0, 0.1) is 18.3 Å². The standard InChI is InChI=1S/C20H21N3O5/c1-4-28-20(26)14-6-5-7-16(9-14)22-18(24)11-23-13(2)8-15(12-27-3)17(10-21)19(23)25/h5-9H,4,11-12H2,1-3H3,(H,22,24). The van der Waals surface area contributed by atoms with E-state index < -0.39 is 17.4 Å². The lowest BCUT2D eigenvalue weighted by Crippen LogP contribution is -2.31. The summed E-state index contributed by atoms with van der Waals surface area (Å²) in [4.78, 5) is 36.8. The van der Waals surface area contributed by atoms with Crippen molar-refractivity contribution >= 4 is 17.6 Å². The average molecular weight is 383 g/mol. The highest BCUT2D eigenvalue weighted by molar-refractivity contribution is 5.94. The minimum atomic E-state index is -0.551. The normalized spacial score (nSPS) is 10.2. The molecule has 1 heterocycles. The zero-order valence-corrected chi connectivity index (χ0v) is 15.9. The Balaban J connectivity index is 2.22. The van der Waals surface area contributed by atoms with Gasteiger partial charge in [0.25, 0.3) is 5.56 Å². The summed E-state index contributed by atoms with van der Waals surface area (Å²) in [5.41, 5.74) is 1.12. The molecule has 0 aliphatic carbocycles. The maximum Gasteiger partial charge on any atom is 0.338 e. The number of anilines is 1. The summed E-state index contributed by atoms with van der Waals surface area (Å²) in [5.74, 6) is -0.951. The van der Waals surface area contributed by atoms with Crippen molar-refractivity contribution in [2.75, 3.05) is 19.0 Å². The molecule has 2 aromatic rings. The van der Waals surface area contributed by atoms with Crippen LogP contribution in [0.3, 0.4) is 0 Å². The van der Waals surface area contributed by atoms with Gasteiger partial charge in [-0.25, -0.2) is 4.79 Å². The van der Waals surface area contributed by atoms with Gasteiger partial charge in [-0.2, -0.15) is 5.26 Å². The molecule has 0 saturated heterocycles. The molecule has 0 aliphatic rings. The first-order valence-corrected chi connectivity index (χ1v) is 8.60. The third-order valence-corrected chi connectivity index (χ3v) is 3.96. The molecule has 0 bridgehead atoms. The lowest BCUT2D eigenvalue weighted by atomic mass is 10.1. The molecule has 146 valence electrons. The van der Waals surface area contributed by atoms with Gasteiger partial charge in [0.15, 0.2) is 0 Å². The van der Waals surface area contributed by atoms with Crippen LogP contribution in [0.15, 0.2) is 35.1 Å². The number of benzene rings is 1. The van der Waals surface area contributed by atoms with Crippen molar-refractivity contribution in [1.82, 2.24) is 4.57 Å². The summed E-state index contributed by atoms with van der Waals surface area (Å²) in [6.07, 6.45) is 0. The minimum absolute atomic E-state index is 0.0513. The van der Waals surface area contributed by atoms with E-state index in [-0.39, 0.29) is 25.3 Å². The maximum absolute atomic E-state index is 12.6. The van der Waals surface area contributed by atoms with Crippen molar-refractivity contribution < 1.29 is 19.1 Å². The molecule has 0 atom stereocenters. The van der Waals surface area contributed by atoms with Crippen LogP contribution < -0.4 is 10.9 Å². The van der Waals surface area contributed by atoms with Gasteiger partial charge in [-0.15, -0.1) is 0 Å². The summed E-state index contributed by atoms with van der Waals surface area (Å²) < 4.78 is 11.2. The number of nitriles is 1. The van der Waals surface area contributed by atoms with Crippen molar-refractivity contribution in [3.05, 3.63) is 63.1 Å². The fourth-order valence-electron chi connectivity index (χ4n) is 2.70. The lowest BCUT2D eigenvalue weighted by Gasteiger charge is -2.13. The van der Waals surface area contributed by atoms with Gasteiger partial charge >= 0.3 is 5.97 Å². The van der Waals surface area contributed by atoms with E-state index in [4.69, 9.17) is 9.47 Å². The number of hydrogen-bond acceptors (Lipinski definition) is 6. The first-order valence-electron chi connectivity index (χ1n) is 8.60. The Morgan fingerprint density at radius 1 is 1.29 bits per heavy atom. The molecule has 1 aromatic carbocycles. The van der Waals surface area contributed by atoms with Crippen molar-refractivity contribution in [3.63, 3.8) is 0 Å². The monoisotopic (exact) mass is 383 g/mol. The molecule has 0 fully saturated rings. The topological polar surface area (TPSA) is 110 Å². The molecule has 0 radical (unpaired) electrons. The molecule has 0 spiro atoms. The van der Waals surface area contributed by atoms with Crippen LogP contribution in [0.25, 0.3) is 0 Å². The zero-order valence-electron chi connectivity index (χ0n) is 15.9. The van der Waals surface area contributed by atoms with E-state index in [2.05, 4.69) is 5.32 Å². The summed E-state index contributed by atoms with van der Waals surface area (Å²) in [6.45, 7) is 3.49. The highest BCUT2D eigenvalue weighted by atomic mass is 16.5. The fourth-order valence-corrected chi connectivity index (χ4v) is 2.70. The Labute approximate surface area is 162 Å². The van der Waals surface area contributed by atoms with Gasteiger partial charge in [0.2, 0.25) is 5.91 Å². The average Bonchev–Trinajstić information content (AvgIpc) is 2.66. The molecular weight excluding hydrogens is 362 g/mol. The third kappa shape index (κ3) is 4.84. The van der Waals surface area contributed by atoms with Gasteiger partial charge < -0.3 is 19.4 Å². The van der Waals surface area contributed by atoms with Gasteiger partial charge in [-0.1, -0.05) is 6.07 Å². The van der Waals surface area contributed by atoms with Crippen LogP contribution in [-0.2, 0) is 27.4 Å². The number of carbonyl (C=O) groups excluding carboxylic acids is 2. The number of aryl methyl sites for hydroxylation is 1. The van der Waals surface area contributed by atoms with E-state index >= 15 is 0 Å². The second kappa shape index (κ2) is 9.48. The molecule has 1 N–H and O–H groups in total. The highest BCUT2D eigenvalue weighted by Crippen LogP contribution is 2.13. The summed E-state index contributed by atoms with van der Waals surface area (Å²) in [5, 5.41) is 11.9. The quantitative estimate of drug-likeness (QED) is 0.732. The lowest BCUT2D eigenvalue weighted by molar-refractivity contribution is -0.116. The fraction of sp³-hybridized carbons (Fsp3) is 0.300. The smallest absolute Gasteiger partial charge is 0.338 e. The maximum atomic E-state index is 12.6. The number of aromatic nitrogens is 1. The molecule has 8 nitrogen and oxygen atoms in total. The number of hydrogen-bond donors (Lipinski definition) is 1. The second-order valence-electron chi connectivity index (χ2n) is 5.97. The highest BCUT2D eigenvalue weighted by Gasteiger charge is 2.15. The summed E-state index contributed by atoms with van der Waals surface area (Å²) >= 11 is 0. The van der Waals surface area contributed by atoms with E-state index in [9.17, 15) is 19.6 Å². The first kappa shape index (κ1) is 20.9. The minimum Gasteiger partial charge on any atom is -0.462 e. The number of esters is 1. The molecule has 2 rings (SSSR count). The Kier molecular flexibility index (Phi) is 7.07. The Morgan fingerprint density at radius 2 is 2.04 bits per heavy atom. The van der Waals surface area contributed by atoms with Gasteiger partial charge in [0.05, 0.1) is 18.8 Å². The predicted octanol–water partition coefficient (Wildman–Crippen LogP) is 1.99. The number of pyridine rings is 1. The Morgan fingerprint density at radius 3 is 2.68 bits per heavy atom. The van der Waals surface area contributed by atoms with Crippen LogP contribution in [0.1, 0.15) is 34.1 Å². The largest absolute Gasteiger partial charge is 0.462 e. The summed E-state index contributed by atoms with van der Waals surface area (Å²) in [6, 6.07) is 9.84. The van der Waals surface area contributed by atoms with Crippen molar-refractivity contribution in [2.45, 2.75) is 27.0 Å². The van der Waals surface area contributed by atoms with E-state index in [1.54, 1.807) is 38.1 Å². The SMILES string of the molecule is CCOC(=O)c1cccc(NC(=O)Cn2c(C)cc(COC)c(C#N)c2=O)c1. The molecule has 1 aromatic heterocycles. The Bertz CT molecular complexity index is 988. The van der Waals surface area contributed by atoms with Gasteiger partial charge in [0, 0.05) is 24.1 Å². The Hall–Kier alpha value is -3.44. The number of methoxy groups -OCH3 is 1. The van der Waals surface area contributed by atoms with Crippen molar-refractivity contribution in [2.24, 2.45) is 0 Å². The molecule has 0 saturated carbocycles. The number of ether oxygens (including phenoxy) is 2. The number of amides is 1. The molecule has 28 heavy (non-hydrogen) atoms.